The van der Waals surface area contributed by atoms with Gasteiger partial charge in [0.25, 0.3) is 5.91 Å². The topological polar surface area (TPSA) is 75.2 Å². The van der Waals surface area contributed by atoms with Crippen molar-refractivity contribution < 1.29 is 9.59 Å². The molecule has 0 unspecified atom stereocenters. The quantitative estimate of drug-likeness (QED) is 0.922. The van der Waals surface area contributed by atoms with E-state index >= 15 is 0 Å². The molecule has 0 radical (unpaired) electrons. The van der Waals surface area contributed by atoms with Crippen LogP contribution in [-0.4, -0.2) is 34.4 Å². The highest BCUT2D eigenvalue weighted by Crippen LogP contribution is 2.29. The average molecular weight is 345 g/mol. The molecule has 24 heavy (non-hydrogen) atoms. The highest BCUT2D eigenvalue weighted by atomic mass is 35.5. The number of carbonyl (C=O) groups is 2. The fourth-order valence-corrected chi connectivity index (χ4v) is 2.87. The molecule has 0 aliphatic carbocycles. The van der Waals surface area contributed by atoms with Crippen molar-refractivity contribution >= 4 is 29.1 Å². The summed E-state index contributed by atoms with van der Waals surface area (Å²) in [4.78, 5) is 34.3. The summed E-state index contributed by atoms with van der Waals surface area (Å²) in [5.41, 5.74) is 1.05. The number of halogens is 1. The number of aromatic nitrogens is 2. The minimum atomic E-state index is -0.281. The zero-order valence-electron chi connectivity index (χ0n) is 13.2. The van der Waals surface area contributed by atoms with Crippen LogP contribution in [0.25, 0.3) is 0 Å². The lowest BCUT2D eigenvalue weighted by molar-refractivity contribution is -0.117. The summed E-state index contributed by atoms with van der Waals surface area (Å²) in [6.07, 6.45) is 3.96. The highest BCUT2D eigenvalue weighted by molar-refractivity contribution is 6.33. The van der Waals surface area contributed by atoms with E-state index in [0.29, 0.717) is 35.1 Å². The second kappa shape index (κ2) is 6.97. The summed E-state index contributed by atoms with van der Waals surface area (Å²) in [6.45, 7) is 2.34. The van der Waals surface area contributed by atoms with Crippen molar-refractivity contribution in [1.29, 1.82) is 0 Å². The number of anilines is 1. The molecule has 2 amide bonds. The van der Waals surface area contributed by atoms with Crippen LogP contribution in [0.3, 0.4) is 0 Å². The Morgan fingerprint density at radius 1 is 1.33 bits per heavy atom. The number of hydrogen-bond acceptors (Lipinski definition) is 4. The van der Waals surface area contributed by atoms with Crippen LogP contribution in [0, 0.1) is 0 Å². The number of para-hydroxylation sites is 1. The van der Waals surface area contributed by atoms with Gasteiger partial charge in [-0.2, -0.15) is 0 Å². The number of rotatable bonds is 4. The number of aryl methyl sites for hydroxylation is 1. The van der Waals surface area contributed by atoms with Gasteiger partial charge in [0.2, 0.25) is 5.91 Å². The lowest BCUT2D eigenvalue weighted by atomic mass is 10.2. The van der Waals surface area contributed by atoms with Crippen molar-refractivity contribution in [1.82, 2.24) is 15.3 Å². The van der Waals surface area contributed by atoms with Crippen molar-refractivity contribution in [2.24, 2.45) is 0 Å². The van der Waals surface area contributed by atoms with Crippen LogP contribution < -0.4 is 10.2 Å². The third-order valence-electron chi connectivity index (χ3n) is 3.89. The summed E-state index contributed by atoms with van der Waals surface area (Å²) >= 11 is 6.15. The SMILES string of the molecule is CCc1ncc(C(=O)N[C@@H]2CC(=O)N(c3ccccc3Cl)C2)cn1. The van der Waals surface area contributed by atoms with E-state index in [2.05, 4.69) is 15.3 Å². The molecular weight excluding hydrogens is 328 g/mol. The Morgan fingerprint density at radius 3 is 2.71 bits per heavy atom. The van der Waals surface area contributed by atoms with E-state index in [0.717, 1.165) is 0 Å². The Balaban J connectivity index is 1.67. The van der Waals surface area contributed by atoms with Gasteiger partial charge in [0, 0.05) is 31.8 Å². The second-order valence-corrected chi connectivity index (χ2v) is 5.98. The third-order valence-corrected chi connectivity index (χ3v) is 4.21. The van der Waals surface area contributed by atoms with Crippen LogP contribution in [-0.2, 0) is 11.2 Å². The van der Waals surface area contributed by atoms with E-state index in [1.165, 1.54) is 12.4 Å². The minimum absolute atomic E-state index is 0.0639. The second-order valence-electron chi connectivity index (χ2n) is 5.57. The molecule has 124 valence electrons. The smallest absolute Gasteiger partial charge is 0.254 e. The first-order valence-electron chi connectivity index (χ1n) is 7.75. The van der Waals surface area contributed by atoms with Crippen molar-refractivity contribution in [2.75, 3.05) is 11.4 Å². The Morgan fingerprint density at radius 2 is 2.04 bits per heavy atom. The summed E-state index contributed by atoms with van der Waals surface area (Å²) in [5, 5.41) is 3.37. The zero-order valence-corrected chi connectivity index (χ0v) is 14.0. The average Bonchev–Trinajstić information content (AvgIpc) is 2.95. The van der Waals surface area contributed by atoms with Gasteiger partial charge in [0.1, 0.15) is 5.82 Å². The van der Waals surface area contributed by atoms with Gasteiger partial charge in [-0.15, -0.1) is 0 Å². The first kappa shape index (κ1) is 16.4. The number of nitrogens with one attached hydrogen (secondary N) is 1. The molecular formula is C17H17ClN4O2. The van der Waals surface area contributed by atoms with Crippen LogP contribution in [0.15, 0.2) is 36.7 Å². The summed E-state index contributed by atoms with van der Waals surface area (Å²) in [7, 11) is 0. The molecule has 1 fully saturated rings. The van der Waals surface area contributed by atoms with Gasteiger partial charge in [-0.3, -0.25) is 9.59 Å². The maximum atomic E-state index is 12.3. The predicted molar refractivity (Wildman–Crippen MR) is 91.1 cm³/mol. The molecule has 1 saturated heterocycles. The minimum Gasteiger partial charge on any atom is -0.347 e. The van der Waals surface area contributed by atoms with E-state index in [1.807, 2.05) is 19.1 Å². The van der Waals surface area contributed by atoms with E-state index in [-0.39, 0.29) is 24.3 Å². The molecule has 1 N–H and O–H groups in total. The lowest BCUT2D eigenvalue weighted by Crippen LogP contribution is -2.37. The number of amides is 2. The molecule has 7 heteroatoms. The molecule has 1 aliphatic heterocycles. The summed E-state index contributed by atoms with van der Waals surface area (Å²) in [5.74, 6) is 0.343. The van der Waals surface area contributed by atoms with Crippen molar-refractivity contribution in [3.05, 3.63) is 53.1 Å². The van der Waals surface area contributed by atoms with E-state index in [1.54, 1.807) is 17.0 Å². The molecule has 1 aromatic carbocycles. The molecule has 2 heterocycles. The largest absolute Gasteiger partial charge is 0.347 e. The Bertz CT molecular complexity index is 763. The van der Waals surface area contributed by atoms with Crippen molar-refractivity contribution in [3.63, 3.8) is 0 Å². The van der Waals surface area contributed by atoms with Crippen LogP contribution >= 0.6 is 11.6 Å². The maximum absolute atomic E-state index is 12.3. The van der Waals surface area contributed by atoms with Crippen molar-refractivity contribution in [2.45, 2.75) is 25.8 Å². The standard InChI is InChI=1S/C17H17ClN4O2/c1-2-15-19-8-11(9-20-15)17(24)21-12-7-16(23)22(10-12)14-6-4-3-5-13(14)18/h3-6,8-9,12H,2,7,10H2,1H3,(H,21,24)/t12-/m1/s1. The van der Waals surface area contributed by atoms with Crippen LogP contribution in [0.1, 0.15) is 29.5 Å². The van der Waals surface area contributed by atoms with Gasteiger partial charge < -0.3 is 10.2 Å². The van der Waals surface area contributed by atoms with E-state index in [4.69, 9.17) is 11.6 Å². The predicted octanol–water partition coefficient (Wildman–Crippen LogP) is 2.23. The molecule has 3 rings (SSSR count). The molecule has 1 aromatic heterocycles. The molecule has 2 aromatic rings. The number of nitrogens with zero attached hydrogens (tertiary/aromatic N) is 3. The zero-order chi connectivity index (χ0) is 17.1. The normalized spacial score (nSPS) is 17.2. The fourth-order valence-electron chi connectivity index (χ4n) is 2.63. The third kappa shape index (κ3) is 3.38. The molecule has 0 spiro atoms. The molecule has 0 bridgehead atoms. The summed E-state index contributed by atoms with van der Waals surface area (Å²) in [6, 6.07) is 6.90. The molecule has 0 saturated carbocycles. The fraction of sp³-hybridized carbons (Fsp3) is 0.294. The van der Waals surface area contributed by atoms with Crippen molar-refractivity contribution in [3.8, 4) is 0 Å². The Labute approximate surface area is 144 Å². The van der Waals surface area contributed by atoms with Gasteiger partial charge in [-0.05, 0) is 12.1 Å². The van der Waals surface area contributed by atoms with Crippen LogP contribution in [0.5, 0.6) is 0 Å². The molecule has 1 aliphatic rings. The van der Waals surface area contributed by atoms with Gasteiger partial charge in [0.15, 0.2) is 0 Å². The number of hydrogen-bond donors (Lipinski definition) is 1. The van der Waals surface area contributed by atoms with E-state index in [9.17, 15) is 9.59 Å². The van der Waals surface area contributed by atoms with E-state index < -0.39 is 0 Å². The van der Waals surface area contributed by atoms with Gasteiger partial charge >= 0.3 is 0 Å². The number of carbonyl (C=O) groups excluding carboxylic acids is 2. The lowest BCUT2D eigenvalue weighted by Gasteiger charge is -2.18. The van der Waals surface area contributed by atoms with Gasteiger partial charge in [-0.25, -0.2) is 9.97 Å². The number of benzene rings is 1. The molecule has 6 nitrogen and oxygen atoms in total. The van der Waals surface area contributed by atoms with Crippen LogP contribution in [0.2, 0.25) is 5.02 Å². The first-order valence-corrected chi connectivity index (χ1v) is 8.13. The first-order chi connectivity index (χ1) is 11.6. The summed E-state index contributed by atoms with van der Waals surface area (Å²) < 4.78 is 0. The Hall–Kier alpha value is -2.47. The monoisotopic (exact) mass is 344 g/mol. The molecule has 1 atom stereocenters. The Kier molecular flexibility index (Phi) is 4.76. The van der Waals surface area contributed by atoms with Gasteiger partial charge in [-0.1, -0.05) is 30.7 Å². The van der Waals surface area contributed by atoms with Crippen LogP contribution in [0.4, 0.5) is 5.69 Å². The van der Waals surface area contributed by atoms with Gasteiger partial charge in [0.05, 0.1) is 22.3 Å². The maximum Gasteiger partial charge on any atom is 0.254 e. The highest BCUT2D eigenvalue weighted by Gasteiger charge is 2.32.